The molecule has 0 aromatic heterocycles. The molecule has 156 valence electrons. The molecule has 6 nitrogen and oxygen atoms in total. The minimum absolute atomic E-state index is 0.115. The van der Waals surface area contributed by atoms with Gasteiger partial charge in [-0.15, -0.1) is 0 Å². The molecule has 2 aromatic rings. The Morgan fingerprint density at radius 2 is 1.97 bits per heavy atom. The van der Waals surface area contributed by atoms with Crippen LogP contribution >= 0.6 is 0 Å². The van der Waals surface area contributed by atoms with Gasteiger partial charge in [0.25, 0.3) is 0 Å². The zero-order valence-electron chi connectivity index (χ0n) is 15.7. The molecule has 2 aliphatic rings. The van der Waals surface area contributed by atoms with Gasteiger partial charge in [0.2, 0.25) is 11.8 Å². The van der Waals surface area contributed by atoms with Crippen LogP contribution in [0.1, 0.15) is 24.0 Å². The number of hydrogen-bond donors (Lipinski definition) is 3. The molecule has 0 unspecified atom stereocenters. The molecular formula is C21H18F3N3O3. The van der Waals surface area contributed by atoms with Crippen LogP contribution in [0.25, 0.3) is 5.57 Å². The van der Waals surface area contributed by atoms with Gasteiger partial charge in [0.1, 0.15) is 5.75 Å². The number of benzene rings is 2. The van der Waals surface area contributed by atoms with Crippen molar-refractivity contribution in [3.8, 4) is 5.75 Å². The van der Waals surface area contributed by atoms with Crippen LogP contribution in [0, 0.1) is 0 Å². The van der Waals surface area contributed by atoms with Gasteiger partial charge in [0.15, 0.2) is 0 Å². The lowest BCUT2D eigenvalue weighted by Crippen LogP contribution is -2.27. The van der Waals surface area contributed by atoms with Crippen molar-refractivity contribution in [3.63, 3.8) is 0 Å². The Labute approximate surface area is 170 Å². The van der Waals surface area contributed by atoms with E-state index >= 15 is 0 Å². The largest absolute Gasteiger partial charge is 0.493 e. The van der Waals surface area contributed by atoms with Crippen molar-refractivity contribution in [2.45, 2.75) is 19.0 Å². The molecule has 30 heavy (non-hydrogen) atoms. The van der Waals surface area contributed by atoms with Crippen LogP contribution in [0.3, 0.4) is 0 Å². The summed E-state index contributed by atoms with van der Waals surface area (Å²) in [4.78, 5) is 24.1. The van der Waals surface area contributed by atoms with Crippen molar-refractivity contribution in [3.05, 3.63) is 53.6 Å². The molecule has 0 radical (unpaired) electrons. The fourth-order valence-corrected chi connectivity index (χ4v) is 3.40. The van der Waals surface area contributed by atoms with Crippen molar-refractivity contribution in [2.75, 3.05) is 29.1 Å². The number of nitrogens with one attached hydrogen (secondary N) is 3. The summed E-state index contributed by atoms with van der Waals surface area (Å²) in [5.41, 5.74) is 2.07. The maximum Gasteiger partial charge on any atom is 0.416 e. The number of halogens is 3. The number of anilines is 3. The fraction of sp³-hybridized carbons (Fsp3) is 0.238. The molecular weight excluding hydrogens is 399 g/mol. The van der Waals surface area contributed by atoms with E-state index in [1.54, 1.807) is 18.2 Å². The smallest absolute Gasteiger partial charge is 0.416 e. The molecule has 0 aliphatic carbocycles. The number of ether oxygens (including phenoxy) is 1. The molecule has 0 saturated heterocycles. The van der Waals surface area contributed by atoms with Gasteiger partial charge in [-0.1, -0.05) is 6.07 Å². The molecule has 3 N–H and O–H groups in total. The van der Waals surface area contributed by atoms with E-state index in [1.807, 2.05) is 0 Å². The molecule has 2 aromatic carbocycles. The zero-order chi connectivity index (χ0) is 21.3. The van der Waals surface area contributed by atoms with E-state index in [9.17, 15) is 22.8 Å². The highest BCUT2D eigenvalue weighted by Crippen LogP contribution is 2.38. The molecule has 2 heterocycles. The van der Waals surface area contributed by atoms with E-state index < -0.39 is 17.6 Å². The van der Waals surface area contributed by atoms with Crippen molar-refractivity contribution in [2.24, 2.45) is 0 Å². The number of hydrogen-bond acceptors (Lipinski definition) is 4. The summed E-state index contributed by atoms with van der Waals surface area (Å²) in [5.74, 6) is -0.488. The van der Waals surface area contributed by atoms with Crippen LogP contribution in [0.15, 0.2) is 42.5 Å². The molecule has 2 aliphatic heterocycles. The van der Waals surface area contributed by atoms with Crippen LogP contribution in [-0.4, -0.2) is 25.0 Å². The Bertz CT molecular complexity index is 1050. The monoisotopic (exact) mass is 417 g/mol. The molecule has 0 fully saturated rings. The maximum absolute atomic E-state index is 13.0. The second-order valence-electron chi connectivity index (χ2n) is 6.98. The Kier molecular flexibility index (Phi) is 5.11. The van der Waals surface area contributed by atoms with Crippen molar-refractivity contribution >= 4 is 34.4 Å². The SMILES string of the molecule is O=C(C=C1CCCOc2cc(C(F)(F)F)ccc21)Nc1ccc2c(c1)NC(=O)CN2. The lowest BCUT2D eigenvalue weighted by molar-refractivity contribution is -0.137. The highest BCUT2D eigenvalue weighted by Gasteiger charge is 2.32. The van der Waals surface area contributed by atoms with Gasteiger partial charge in [0.05, 0.1) is 30.1 Å². The first-order valence-electron chi connectivity index (χ1n) is 9.33. The van der Waals surface area contributed by atoms with Crippen LogP contribution in [0.5, 0.6) is 5.75 Å². The second kappa shape index (κ2) is 7.74. The average Bonchev–Trinajstić information content (AvgIpc) is 2.88. The van der Waals surface area contributed by atoms with Gasteiger partial charge in [-0.25, -0.2) is 0 Å². The van der Waals surface area contributed by atoms with Crippen LogP contribution in [-0.2, 0) is 15.8 Å². The molecule has 2 amide bonds. The number of allylic oxidation sites excluding steroid dienone is 1. The molecule has 0 bridgehead atoms. The van der Waals surface area contributed by atoms with Crippen LogP contribution in [0.2, 0.25) is 0 Å². The summed E-state index contributed by atoms with van der Waals surface area (Å²) in [6.45, 7) is 0.452. The van der Waals surface area contributed by atoms with Gasteiger partial charge < -0.3 is 20.7 Å². The number of rotatable bonds is 2. The summed E-state index contributed by atoms with van der Waals surface area (Å²) >= 11 is 0. The lowest BCUT2D eigenvalue weighted by Gasteiger charge is -2.19. The van der Waals surface area contributed by atoms with E-state index in [4.69, 9.17) is 4.74 Å². The normalized spacial score (nSPS) is 17.0. The zero-order valence-corrected chi connectivity index (χ0v) is 15.7. The average molecular weight is 417 g/mol. The summed E-state index contributed by atoms with van der Waals surface area (Å²) < 4.78 is 44.4. The Balaban J connectivity index is 1.57. The van der Waals surface area contributed by atoms with Crippen molar-refractivity contribution in [1.29, 1.82) is 0 Å². The molecule has 4 rings (SSSR count). The predicted octanol–water partition coefficient (Wildman–Crippen LogP) is 4.26. The quantitative estimate of drug-likeness (QED) is 0.638. The molecule has 0 spiro atoms. The van der Waals surface area contributed by atoms with Crippen molar-refractivity contribution in [1.82, 2.24) is 0 Å². The summed E-state index contributed by atoms with van der Waals surface area (Å²) in [5, 5.41) is 8.40. The Morgan fingerprint density at radius 1 is 1.13 bits per heavy atom. The lowest BCUT2D eigenvalue weighted by atomic mass is 9.99. The van der Waals surface area contributed by atoms with E-state index in [2.05, 4.69) is 16.0 Å². The predicted molar refractivity (Wildman–Crippen MR) is 106 cm³/mol. The van der Waals surface area contributed by atoms with Gasteiger partial charge in [-0.2, -0.15) is 13.2 Å². The van der Waals surface area contributed by atoms with Gasteiger partial charge in [-0.3, -0.25) is 9.59 Å². The summed E-state index contributed by atoms with van der Waals surface area (Å²) in [6.07, 6.45) is -2.03. The number of fused-ring (bicyclic) bond motifs is 2. The molecule has 0 atom stereocenters. The van der Waals surface area contributed by atoms with E-state index in [0.717, 1.165) is 17.8 Å². The Morgan fingerprint density at radius 3 is 2.77 bits per heavy atom. The topological polar surface area (TPSA) is 79.5 Å². The number of amides is 2. The van der Waals surface area contributed by atoms with Gasteiger partial charge in [0, 0.05) is 17.3 Å². The van der Waals surface area contributed by atoms with E-state index in [1.165, 1.54) is 12.1 Å². The first-order chi connectivity index (χ1) is 14.3. The number of alkyl halides is 3. The minimum Gasteiger partial charge on any atom is -0.493 e. The highest BCUT2D eigenvalue weighted by atomic mass is 19.4. The third-order valence-corrected chi connectivity index (χ3v) is 4.81. The van der Waals surface area contributed by atoms with Crippen LogP contribution < -0.4 is 20.7 Å². The molecule has 9 heteroatoms. The highest BCUT2D eigenvalue weighted by molar-refractivity contribution is 6.06. The summed E-state index contributed by atoms with van der Waals surface area (Å²) in [6, 6.07) is 8.35. The maximum atomic E-state index is 13.0. The van der Waals surface area contributed by atoms with E-state index in [0.29, 0.717) is 35.4 Å². The van der Waals surface area contributed by atoms with Gasteiger partial charge in [-0.05, 0) is 48.7 Å². The first kappa shape index (κ1) is 19.8. The number of carbonyl (C=O) groups is 2. The Hall–Kier alpha value is -3.49. The standard InChI is InChI=1S/C21H18F3N3O3/c22-21(23,24)13-3-5-15-12(2-1-7-30-18(15)9-13)8-19(28)26-14-4-6-16-17(10-14)27-20(29)11-25-16/h3-6,8-10,25H,1-2,7,11H2,(H,26,28)(H,27,29). The van der Waals surface area contributed by atoms with E-state index in [-0.39, 0.29) is 24.8 Å². The third-order valence-electron chi connectivity index (χ3n) is 4.81. The fourth-order valence-electron chi connectivity index (χ4n) is 3.40. The van der Waals surface area contributed by atoms with Crippen LogP contribution in [0.4, 0.5) is 30.2 Å². The molecule has 0 saturated carbocycles. The third kappa shape index (κ3) is 4.24. The number of carbonyl (C=O) groups excluding carboxylic acids is 2. The first-order valence-corrected chi connectivity index (χ1v) is 9.33. The minimum atomic E-state index is -4.47. The van der Waals surface area contributed by atoms with Crippen molar-refractivity contribution < 1.29 is 27.5 Å². The summed E-state index contributed by atoms with van der Waals surface area (Å²) in [7, 11) is 0. The second-order valence-corrected chi connectivity index (χ2v) is 6.98. The van der Waals surface area contributed by atoms with Gasteiger partial charge >= 0.3 is 6.18 Å².